The number of nitrogens with zero attached hydrogens (tertiary/aromatic N) is 4. The first kappa shape index (κ1) is 28.8. The molecular weight excluding hydrogens is 615 g/mol. The van der Waals surface area contributed by atoms with Crippen LogP contribution in [0.3, 0.4) is 0 Å². The van der Waals surface area contributed by atoms with Crippen LogP contribution in [0.1, 0.15) is 18.2 Å². The van der Waals surface area contributed by atoms with Crippen molar-refractivity contribution in [2.75, 3.05) is 6.54 Å². The predicted molar refractivity (Wildman–Crippen MR) is 206 cm³/mol. The van der Waals surface area contributed by atoms with Crippen molar-refractivity contribution >= 4 is 55.4 Å². The van der Waals surface area contributed by atoms with E-state index >= 15 is 0 Å². The molecule has 0 saturated carbocycles. The number of para-hydroxylation sites is 3. The molecule has 5 aromatic carbocycles. The van der Waals surface area contributed by atoms with Gasteiger partial charge in [0.1, 0.15) is 18.2 Å². The molecule has 10 rings (SSSR count). The molecule has 0 amide bonds. The van der Waals surface area contributed by atoms with Crippen molar-refractivity contribution < 1.29 is 0 Å². The lowest BCUT2D eigenvalue weighted by molar-refractivity contribution is 0.416. The van der Waals surface area contributed by atoms with Gasteiger partial charge in [0.25, 0.3) is 0 Å². The average Bonchev–Trinajstić information content (AvgIpc) is 3.70. The summed E-state index contributed by atoms with van der Waals surface area (Å²) in [6, 6.07) is 43.2. The van der Waals surface area contributed by atoms with Crippen molar-refractivity contribution in [1.29, 1.82) is 0 Å². The van der Waals surface area contributed by atoms with Gasteiger partial charge in [0.05, 0.1) is 22.1 Å². The van der Waals surface area contributed by atoms with Gasteiger partial charge in [0.2, 0.25) is 5.96 Å². The average molecular weight is 650 g/mol. The topological polar surface area (TPSA) is 70.7 Å². The third-order valence-electron chi connectivity index (χ3n) is 10.2. The molecule has 0 fully saturated rings. The minimum atomic E-state index is -0.215. The van der Waals surface area contributed by atoms with Crippen molar-refractivity contribution in [2.24, 2.45) is 15.9 Å². The van der Waals surface area contributed by atoms with Crippen LogP contribution < -0.4 is 16.0 Å². The zero-order chi connectivity index (χ0) is 33.0. The van der Waals surface area contributed by atoms with Crippen molar-refractivity contribution in [3.05, 3.63) is 163 Å². The molecule has 2 aliphatic heterocycles. The molecule has 3 unspecified atom stereocenters. The maximum absolute atomic E-state index is 5.21. The number of benzene rings is 5. The van der Waals surface area contributed by atoms with Gasteiger partial charge in [0.15, 0.2) is 0 Å². The Hall–Kier alpha value is -6.18. The Balaban J connectivity index is 1.10. The van der Waals surface area contributed by atoms with Crippen molar-refractivity contribution in [2.45, 2.75) is 18.8 Å². The monoisotopic (exact) mass is 649 g/mol. The van der Waals surface area contributed by atoms with E-state index in [4.69, 9.17) is 9.98 Å². The number of hydrogen-bond acceptors (Lipinski definition) is 5. The van der Waals surface area contributed by atoms with Crippen LogP contribution in [0.2, 0.25) is 0 Å². The summed E-state index contributed by atoms with van der Waals surface area (Å²) in [4.78, 5) is 10.3. The maximum Gasteiger partial charge on any atom is 0.208 e. The fourth-order valence-corrected chi connectivity index (χ4v) is 7.80. The molecule has 7 aromatic rings. The maximum atomic E-state index is 5.21. The summed E-state index contributed by atoms with van der Waals surface area (Å²) in [5.41, 5.74) is 8.01. The van der Waals surface area contributed by atoms with Crippen LogP contribution in [0, 0.1) is 5.92 Å². The Morgan fingerprint density at radius 1 is 0.640 bits per heavy atom. The first-order valence-corrected chi connectivity index (χ1v) is 17.3. The molecule has 0 radical (unpaired) electrons. The van der Waals surface area contributed by atoms with E-state index in [0.29, 0.717) is 6.54 Å². The summed E-state index contributed by atoms with van der Waals surface area (Å²) in [6.45, 7) is 0.621. The van der Waals surface area contributed by atoms with Crippen molar-refractivity contribution in [3.63, 3.8) is 0 Å². The Morgan fingerprint density at radius 2 is 1.32 bits per heavy atom. The molecule has 0 saturated heterocycles. The minimum absolute atomic E-state index is 0.0598. The Morgan fingerprint density at radius 3 is 2.02 bits per heavy atom. The summed E-state index contributed by atoms with van der Waals surface area (Å²) < 4.78 is 4.65. The third-order valence-corrected chi connectivity index (χ3v) is 10.2. The number of hydrogen-bond donors (Lipinski definition) is 3. The van der Waals surface area contributed by atoms with Gasteiger partial charge >= 0.3 is 0 Å². The number of amidine groups is 1. The lowest BCUT2D eigenvalue weighted by Crippen LogP contribution is -2.52. The predicted octanol–water partition coefficient (Wildman–Crippen LogP) is 8.33. The molecule has 1 aliphatic carbocycles. The Kier molecular flexibility index (Phi) is 6.77. The fourth-order valence-electron chi connectivity index (χ4n) is 7.80. The highest BCUT2D eigenvalue weighted by atomic mass is 15.3. The van der Waals surface area contributed by atoms with E-state index in [9.17, 15) is 0 Å². The van der Waals surface area contributed by atoms with E-state index in [-0.39, 0.29) is 18.2 Å². The second-order valence-corrected chi connectivity index (χ2v) is 13.2. The van der Waals surface area contributed by atoms with Crippen LogP contribution in [-0.2, 0) is 0 Å². The molecule has 3 atom stereocenters. The van der Waals surface area contributed by atoms with Crippen molar-refractivity contribution in [1.82, 2.24) is 25.1 Å². The third kappa shape index (κ3) is 4.70. The van der Waals surface area contributed by atoms with Gasteiger partial charge in [-0.2, -0.15) is 0 Å². The zero-order valence-electron chi connectivity index (χ0n) is 27.4. The van der Waals surface area contributed by atoms with E-state index in [1.54, 1.807) is 0 Å². The Bertz CT molecular complexity index is 2580. The molecule has 7 heteroatoms. The molecule has 7 nitrogen and oxygen atoms in total. The van der Waals surface area contributed by atoms with Gasteiger partial charge in [-0.25, -0.2) is 9.98 Å². The van der Waals surface area contributed by atoms with Crippen LogP contribution in [0.4, 0.5) is 0 Å². The molecule has 0 spiro atoms. The summed E-state index contributed by atoms with van der Waals surface area (Å²) in [5.74, 6) is 2.02. The lowest BCUT2D eigenvalue weighted by atomic mass is 9.97. The molecular formula is C43H35N7. The van der Waals surface area contributed by atoms with Gasteiger partial charge < -0.3 is 15.2 Å². The number of aromatic nitrogens is 2. The number of aliphatic imine (C=N–C) groups is 2. The highest BCUT2D eigenvalue weighted by Crippen LogP contribution is 2.38. The van der Waals surface area contributed by atoms with Gasteiger partial charge in [-0.1, -0.05) is 109 Å². The zero-order valence-corrected chi connectivity index (χ0v) is 27.4. The van der Waals surface area contributed by atoms with Crippen LogP contribution in [0.5, 0.6) is 0 Å². The van der Waals surface area contributed by atoms with Gasteiger partial charge in [0, 0.05) is 51.5 Å². The van der Waals surface area contributed by atoms with Gasteiger partial charge in [-0.3, -0.25) is 9.88 Å². The van der Waals surface area contributed by atoms with Gasteiger partial charge in [-0.05, 0) is 48.4 Å². The second kappa shape index (κ2) is 11.8. The molecule has 3 aliphatic rings. The molecule has 50 heavy (non-hydrogen) atoms. The van der Waals surface area contributed by atoms with Crippen LogP contribution in [0.25, 0.3) is 49.3 Å². The Labute approximate surface area is 289 Å². The van der Waals surface area contributed by atoms with E-state index in [1.165, 1.54) is 38.1 Å². The minimum Gasteiger partial charge on any atom is -0.354 e. The van der Waals surface area contributed by atoms with E-state index in [0.717, 1.165) is 40.5 Å². The number of allylic oxidation sites excluding steroid dienone is 3. The van der Waals surface area contributed by atoms with E-state index < -0.39 is 0 Å². The lowest BCUT2D eigenvalue weighted by Gasteiger charge is -2.35. The number of rotatable bonds is 4. The summed E-state index contributed by atoms with van der Waals surface area (Å²) in [6.07, 6.45) is 11.3. The number of fused-ring (bicyclic) bond motifs is 6. The number of nitrogens with one attached hydrogen (secondary N) is 3. The summed E-state index contributed by atoms with van der Waals surface area (Å²) in [5, 5.41) is 16.0. The smallest absolute Gasteiger partial charge is 0.208 e. The molecule has 2 aromatic heterocycles. The quantitative estimate of drug-likeness (QED) is 0.180. The first-order valence-electron chi connectivity index (χ1n) is 17.3. The van der Waals surface area contributed by atoms with Crippen LogP contribution in [-0.4, -0.2) is 33.6 Å². The summed E-state index contributed by atoms with van der Waals surface area (Å²) >= 11 is 0. The standard InChI is InChI=1S/C43H35N7/c1-4-14-28(15-5-1)40-46-41(29-16-6-2-7-17-29)48-42(47-40)30-26-44-43(45-27-30)50-37-23-13-11-21-33(37)35-24-34-32-20-10-12-22-36(32)49(38(34)25-39(35)50)31-18-8-3-9-19-31/h1-16,18-26,29,40,42,47H,17,27H2,(H,44,45)(H,46,48). The second-order valence-electron chi connectivity index (χ2n) is 13.2. The van der Waals surface area contributed by atoms with Crippen LogP contribution in [0.15, 0.2) is 167 Å². The SMILES string of the molecule is C1=CCC(C2=NC(C3=CN=C(n4c5ccccc5c5cc6c7ccccc7n(-c7ccccc7)c6cc54)NC3)NC(c3ccccc3)N2)C=C1. The van der Waals surface area contributed by atoms with E-state index in [1.807, 2.05) is 6.20 Å². The molecule has 3 N–H and O–H groups in total. The first-order chi connectivity index (χ1) is 24.8. The molecule has 0 bridgehead atoms. The van der Waals surface area contributed by atoms with Gasteiger partial charge in [-0.15, -0.1) is 0 Å². The molecule has 242 valence electrons. The normalized spacial score (nSPS) is 20.5. The van der Waals surface area contributed by atoms with Crippen LogP contribution >= 0.6 is 0 Å². The largest absolute Gasteiger partial charge is 0.354 e. The fraction of sp³-hybridized carbons (Fsp3) is 0.116. The molecule has 4 heterocycles. The van der Waals surface area contributed by atoms with E-state index in [2.05, 4.69) is 171 Å². The highest BCUT2D eigenvalue weighted by Gasteiger charge is 2.30. The van der Waals surface area contributed by atoms with Crippen molar-refractivity contribution in [3.8, 4) is 5.69 Å². The highest BCUT2D eigenvalue weighted by molar-refractivity contribution is 6.21. The summed E-state index contributed by atoms with van der Waals surface area (Å²) in [7, 11) is 0.